The second kappa shape index (κ2) is 6.86. The van der Waals surface area contributed by atoms with Gasteiger partial charge >= 0.3 is 0 Å². The van der Waals surface area contributed by atoms with Crippen molar-refractivity contribution in [2.45, 2.75) is 13.8 Å². The molecule has 0 spiro atoms. The quantitative estimate of drug-likeness (QED) is 0.237. The minimum atomic E-state index is 0.649. The smallest absolute Gasteiger partial charge is 0.216 e. The van der Waals surface area contributed by atoms with Crippen molar-refractivity contribution in [2.75, 3.05) is 0 Å². The summed E-state index contributed by atoms with van der Waals surface area (Å²) in [5.74, 6) is 0. The molecule has 0 aliphatic carbocycles. The Morgan fingerprint density at radius 1 is 0.800 bits per heavy atom. The Labute approximate surface area is 175 Å². The molecule has 3 nitrogen and oxygen atoms in total. The first-order valence-corrected chi connectivity index (χ1v) is 9.97. The van der Waals surface area contributed by atoms with E-state index in [1.165, 1.54) is 0 Å². The number of fused-ring (bicyclic) bond motifs is 3. The molecule has 3 heteroatoms. The van der Waals surface area contributed by atoms with Gasteiger partial charge in [-0.2, -0.15) is 0 Å². The molecular formula is C27H21N2O+. The number of benzene rings is 3. The molecule has 0 N–H and O–H groups in total. The molecule has 2 heterocycles. The van der Waals surface area contributed by atoms with Crippen LogP contribution in [0.4, 0.5) is 5.69 Å². The molecule has 0 saturated heterocycles. The third-order valence-corrected chi connectivity index (χ3v) is 5.79. The summed E-state index contributed by atoms with van der Waals surface area (Å²) in [5.41, 5.74) is 8.48. The van der Waals surface area contributed by atoms with Crippen molar-refractivity contribution in [2.24, 2.45) is 7.05 Å². The van der Waals surface area contributed by atoms with E-state index in [1.54, 1.807) is 0 Å². The van der Waals surface area contributed by atoms with Gasteiger partial charge in [-0.3, -0.25) is 0 Å². The molecule has 0 saturated carbocycles. The largest absolute Gasteiger partial charge is 0.456 e. The molecule has 30 heavy (non-hydrogen) atoms. The monoisotopic (exact) mass is 389 g/mol. The Bertz CT molecular complexity index is 1470. The Hall–Kier alpha value is -3.90. The number of hydrogen-bond acceptors (Lipinski definition) is 1. The van der Waals surface area contributed by atoms with Gasteiger partial charge in [0.05, 0.1) is 12.1 Å². The lowest BCUT2D eigenvalue weighted by molar-refractivity contribution is -0.660. The van der Waals surface area contributed by atoms with Crippen molar-refractivity contribution in [1.29, 1.82) is 0 Å². The van der Waals surface area contributed by atoms with Gasteiger partial charge in [-0.1, -0.05) is 48.5 Å². The van der Waals surface area contributed by atoms with E-state index < -0.39 is 0 Å². The van der Waals surface area contributed by atoms with Crippen molar-refractivity contribution >= 4 is 27.6 Å². The highest BCUT2D eigenvalue weighted by molar-refractivity contribution is 6.15. The van der Waals surface area contributed by atoms with Crippen LogP contribution in [-0.4, -0.2) is 0 Å². The molecule has 0 atom stereocenters. The molecular weight excluding hydrogens is 368 g/mol. The zero-order valence-corrected chi connectivity index (χ0v) is 17.2. The summed E-state index contributed by atoms with van der Waals surface area (Å²) < 4.78 is 8.71. The SMILES string of the molecule is [C-]#[N+]c1c(C)cc2c(oc3c(-c4cccc[n+]4C)c(C)ccc32)c1-c1ccccc1. The fourth-order valence-electron chi connectivity index (χ4n) is 4.32. The molecule has 5 aromatic rings. The standard InChI is InChI=1S/C27H21N2O/c1-17-13-14-20-21-16-18(2)25(28-3)24(19-10-6-5-7-11-19)27(21)30-26(20)23(17)22-12-8-9-15-29(22)4/h5-16H,1-2,4H3/q+1. The number of rotatable bonds is 2. The Kier molecular flexibility index (Phi) is 4.15. The van der Waals surface area contributed by atoms with E-state index in [0.717, 1.165) is 55.4 Å². The number of aromatic nitrogens is 1. The van der Waals surface area contributed by atoms with Gasteiger partial charge in [0.25, 0.3) is 0 Å². The first-order chi connectivity index (χ1) is 14.6. The van der Waals surface area contributed by atoms with E-state index in [-0.39, 0.29) is 0 Å². The second-order valence-corrected chi connectivity index (χ2v) is 7.70. The van der Waals surface area contributed by atoms with E-state index in [9.17, 15) is 0 Å². The number of furan rings is 1. The van der Waals surface area contributed by atoms with Gasteiger partial charge in [0.15, 0.2) is 6.20 Å². The average Bonchev–Trinajstić information content (AvgIpc) is 3.12. The lowest BCUT2D eigenvalue weighted by Gasteiger charge is -2.08. The highest BCUT2D eigenvalue weighted by atomic mass is 16.3. The van der Waals surface area contributed by atoms with Crippen LogP contribution < -0.4 is 4.57 Å². The van der Waals surface area contributed by atoms with Gasteiger partial charge in [-0.25, -0.2) is 9.41 Å². The van der Waals surface area contributed by atoms with Crippen molar-refractivity contribution in [3.8, 4) is 22.4 Å². The van der Waals surface area contributed by atoms with Gasteiger partial charge in [-0.15, -0.1) is 0 Å². The van der Waals surface area contributed by atoms with Gasteiger partial charge in [0.2, 0.25) is 11.4 Å². The molecule has 5 rings (SSSR count). The fourth-order valence-corrected chi connectivity index (χ4v) is 4.32. The van der Waals surface area contributed by atoms with Crippen LogP contribution >= 0.6 is 0 Å². The lowest BCUT2D eigenvalue weighted by Crippen LogP contribution is -2.30. The van der Waals surface area contributed by atoms with E-state index in [2.05, 4.69) is 40.6 Å². The Morgan fingerprint density at radius 2 is 1.53 bits per heavy atom. The normalized spacial score (nSPS) is 11.1. The predicted octanol–water partition coefficient (Wildman–Crippen LogP) is 6.91. The van der Waals surface area contributed by atoms with Crippen molar-refractivity contribution in [3.05, 3.63) is 95.5 Å². The molecule has 0 aliphatic heterocycles. The van der Waals surface area contributed by atoms with Crippen molar-refractivity contribution < 1.29 is 8.98 Å². The minimum absolute atomic E-state index is 0.649. The van der Waals surface area contributed by atoms with Gasteiger partial charge in [-0.05, 0) is 36.6 Å². The summed E-state index contributed by atoms with van der Waals surface area (Å²) in [5, 5.41) is 2.12. The lowest BCUT2D eigenvalue weighted by atomic mass is 9.96. The highest BCUT2D eigenvalue weighted by Gasteiger charge is 2.23. The summed E-state index contributed by atoms with van der Waals surface area (Å²) in [6, 6.07) is 22.6. The van der Waals surface area contributed by atoms with Crippen LogP contribution in [-0.2, 0) is 7.05 Å². The maximum absolute atomic E-state index is 7.80. The summed E-state index contributed by atoms with van der Waals surface area (Å²) in [6.45, 7) is 11.9. The Morgan fingerprint density at radius 3 is 2.27 bits per heavy atom. The number of nitrogens with zero attached hydrogens (tertiary/aromatic N) is 2. The Balaban J connectivity index is 1.97. The van der Waals surface area contributed by atoms with E-state index >= 15 is 0 Å². The van der Waals surface area contributed by atoms with Crippen LogP contribution in [0.25, 0.3) is 49.2 Å². The van der Waals surface area contributed by atoms with E-state index in [0.29, 0.717) is 5.69 Å². The zero-order valence-electron chi connectivity index (χ0n) is 17.2. The summed E-state index contributed by atoms with van der Waals surface area (Å²) >= 11 is 0. The third-order valence-electron chi connectivity index (χ3n) is 5.79. The fraction of sp³-hybridized carbons (Fsp3) is 0.111. The van der Waals surface area contributed by atoms with Crippen LogP contribution in [0.5, 0.6) is 0 Å². The van der Waals surface area contributed by atoms with Gasteiger partial charge in [0, 0.05) is 28.5 Å². The minimum Gasteiger partial charge on any atom is -0.456 e. The maximum atomic E-state index is 7.80. The maximum Gasteiger partial charge on any atom is 0.216 e. The summed E-state index contributed by atoms with van der Waals surface area (Å²) in [4.78, 5) is 3.86. The first kappa shape index (κ1) is 18.1. The van der Waals surface area contributed by atoms with E-state index in [1.807, 2.05) is 62.6 Å². The molecule has 0 amide bonds. The summed E-state index contributed by atoms with van der Waals surface area (Å²) in [7, 11) is 2.05. The molecule has 0 bridgehead atoms. The molecule has 144 valence electrons. The molecule has 0 fully saturated rings. The number of aryl methyl sites for hydroxylation is 3. The first-order valence-electron chi connectivity index (χ1n) is 9.97. The van der Waals surface area contributed by atoms with E-state index in [4.69, 9.17) is 11.0 Å². The molecule has 3 aromatic carbocycles. The molecule has 0 radical (unpaired) electrons. The van der Waals surface area contributed by atoms with Crippen molar-refractivity contribution in [3.63, 3.8) is 0 Å². The summed E-state index contributed by atoms with van der Waals surface area (Å²) in [6.07, 6.45) is 2.05. The van der Waals surface area contributed by atoms with Crippen LogP contribution in [0.2, 0.25) is 0 Å². The van der Waals surface area contributed by atoms with Crippen LogP contribution in [0.1, 0.15) is 11.1 Å². The average molecular weight is 389 g/mol. The van der Waals surface area contributed by atoms with Crippen LogP contribution in [0.3, 0.4) is 0 Å². The van der Waals surface area contributed by atoms with Crippen molar-refractivity contribution in [1.82, 2.24) is 0 Å². The number of pyridine rings is 1. The van der Waals surface area contributed by atoms with Gasteiger partial charge in [0.1, 0.15) is 18.2 Å². The third kappa shape index (κ3) is 2.62. The predicted molar refractivity (Wildman–Crippen MR) is 122 cm³/mol. The number of hydrogen-bond donors (Lipinski definition) is 0. The van der Waals surface area contributed by atoms with Gasteiger partial charge < -0.3 is 4.42 Å². The zero-order chi connectivity index (χ0) is 20.8. The topological polar surface area (TPSA) is 21.4 Å². The van der Waals surface area contributed by atoms with Crippen LogP contribution in [0.15, 0.2) is 77.3 Å². The second-order valence-electron chi connectivity index (χ2n) is 7.70. The highest BCUT2D eigenvalue weighted by Crippen LogP contribution is 2.45. The molecule has 0 unspecified atom stereocenters. The molecule has 0 aliphatic rings. The molecule has 2 aromatic heterocycles. The van der Waals surface area contributed by atoms with Crippen LogP contribution in [0, 0.1) is 20.4 Å².